The van der Waals surface area contributed by atoms with E-state index in [-0.39, 0.29) is 30.2 Å². The van der Waals surface area contributed by atoms with Gasteiger partial charge in [0.1, 0.15) is 11.6 Å². The van der Waals surface area contributed by atoms with Crippen LogP contribution in [0.3, 0.4) is 0 Å². The summed E-state index contributed by atoms with van der Waals surface area (Å²) in [5.41, 5.74) is -0.237. The zero-order chi connectivity index (χ0) is 14.7. The summed E-state index contributed by atoms with van der Waals surface area (Å²) >= 11 is 0. The highest BCUT2D eigenvalue weighted by atomic mass is 19.1. The van der Waals surface area contributed by atoms with Crippen LogP contribution in [0.4, 0.5) is 8.78 Å². The van der Waals surface area contributed by atoms with Gasteiger partial charge in [-0.25, -0.2) is 8.78 Å². The van der Waals surface area contributed by atoms with E-state index in [4.69, 9.17) is 5.11 Å². The van der Waals surface area contributed by atoms with E-state index in [1.165, 1.54) is 11.0 Å². The second kappa shape index (κ2) is 5.98. The van der Waals surface area contributed by atoms with Crippen LogP contribution in [0.5, 0.6) is 0 Å². The number of amides is 1. The largest absolute Gasteiger partial charge is 0.481 e. The zero-order valence-electron chi connectivity index (χ0n) is 10.8. The van der Waals surface area contributed by atoms with Gasteiger partial charge in [0.2, 0.25) is 5.91 Å². The van der Waals surface area contributed by atoms with Crippen molar-refractivity contribution < 1.29 is 23.5 Å². The molecular weight excluding hydrogens is 268 g/mol. The van der Waals surface area contributed by atoms with Crippen molar-refractivity contribution in [1.82, 2.24) is 4.90 Å². The van der Waals surface area contributed by atoms with Crippen molar-refractivity contribution in [3.05, 3.63) is 35.4 Å². The normalized spacial score (nSPS) is 18.3. The van der Waals surface area contributed by atoms with E-state index in [0.717, 1.165) is 12.1 Å². The first-order valence-electron chi connectivity index (χ1n) is 6.40. The van der Waals surface area contributed by atoms with Crippen LogP contribution in [0.15, 0.2) is 18.2 Å². The third-order valence-corrected chi connectivity index (χ3v) is 3.49. The number of carboxylic acid groups (broad SMARTS) is 1. The Bertz CT molecular complexity index is 513. The number of carbonyl (C=O) groups excluding carboxylic acids is 1. The molecule has 6 heteroatoms. The van der Waals surface area contributed by atoms with Gasteiger partial charge in [0.15, 0.2) is 0 Å². The molecule has 1 N–H and O–H groups in total. The molecule has 1 aliphatic heterocycles. The Morgan fingerprint density at radius 2 is 1.95 bits per heavy atom. The monoisotopic (exact) mass is 283 g/mol. The van der Waals surface area contributed by atoms with Gasteiger partial charge in [-0.3, -0.25) is 9.59 Å². The third kappa shape index (κ3) is 3.31. The summed E-state index contributed by atoms with van der Waals surface area (Å²) in [6, 6.07) is 3.48. The number of halogens is 2. The summed E-state index contributed by atoms with van der Waals surface area (Å²) in [5, 5.41) is 8.70. The smallest absolute Gasteiger partial charge is 0.303 e. The SMILES string of the molecule is O=C(O)CC1CCN(C(=O)Cc2c(F)cccc2F)C1. The van der Waals surface area contributed by atoms with Crippen LogP contribution < -0.4 is 0 Å². The highest BCUT2D eigenvalue weighted by Crippen LogP contribution is 2.21. The summed E-state index contributed by atoms with van der Waals surface area (Å²) in [5.74, 6) is -2.83. The van der Waals surface area contributed by atoms with E-state index in [1.807, 2.05) is 0 Å². The lowest BCUT2D eigenvalue weighted by Gasteiger charge is -2.16. The van der Waals surface area contributed by atoms with Gasteiger partial charge in [0.25, 0.3) is 0 Å². The summed E-state index contributed by atoms with van der Waals surface area (Å²) < 4.78 is 26.9. The Morgan fingerprint density at radius 3 is 2.55 bits per heavy atom. The van der Waals surface area contributed by atoms with Gasteiger partial charge in [0, 0.05) is 25.1 Å². The molecule has 0 spiro atoms. The molecule has 0 radical (unpaired) electrons. The Labute approximate surface area is 115 Å². The van der Waals surface area contributed by atoms with E-state index in [2.05, 4.69) is 0 Å². The van der Waals surface area contributed by atoms with Gasteiger partial charge < -0.3 is 10.0 Å². The molecule has 1 heterocycles. The number of hydrogen-bond donors (Lipinski definition) is 1. The predicted octanol–water partition coefficient (Wildman–Crippen LogP) is 1.83. The summed E-state index contributed by atoms with van der Waals surface area (Å²) in [7, 11) is 0. The molecule has 20 heavy (non-hydrogen) atoms. The summed E-state index contributed by atoms with van der Waals surface area (Å²) in [4.78, 5) is 24.1. The molecular formula is C14H15F2NO3. The fourth-order valence-electron chi connectivity index (χ4n) is 2.44. The molecule has 1 aromatic carbocycles. The number of rotatable bonds is 4. The lowest BCUT2D eigenvalue weighted by atomic mass is 10.1. The number of likely N-dealkylation sites (tertiary alicyclic amines) is 1. The number of nitrogens with zero attached hydrogens (tertiary/aromatic N) is 1. The first-order valence-corrected chi connectivity index (χ1v) is 6.40. The van der Waals surface area contributed by atoms with Crippen LogP contribution in [0.1, 0.15) is 18.4 Å². The van der Waals surface area contributed by atoms with E-state index >= 15 is 0 Å². The lowest BCUT2D eigenvalue weighted by molar-refractivity contribution is -0.138. The average molecular weight is 283 g/mol. The number of benzene rings is 1. The van der Waals surface area contributed by atoms with E-state index in [1.54, 1.807) is 0 Å². The maximum absolute atomic E-state index is 13.5. The highest BCUT2D eigenvalue weighted by Gasteiger charge is 2.28. The van der Waals surface area contributed by atoms with E-state index in [0.29, 0.717) is 19.5 Å². The number of carbonyl (C=O) groups is 2. The molecule has 4 nitrogen and oxygen atoms in total. The quantitative estimate of drug-likeness (QED) is 0.917. The van der Waals surface area contributed by atoms with E-state index < -0.39 is 17.6 Å². The van der Waals surface area contributed by atoms with E-state index in [9.17, 15) is 18.4 Å². The third-order valence-electron chi connectivity index (χ3n) is 3.49. The van der Waals surface area contributed by atoms with Crippen molar-refractivity contribution in [2.45, 2.75) is 19.3 Å². The molecule has 0 aromatic heterocycles. The average Bonchev–Trinajstić information content (AvgIpc) is 2.81. The minimum absolute atomic E-state index is 0.0117. The van der Waals surface area contributed by atoms with Crippen molar-refractivity contribution in [3.63, 3.8) is 0 Å². The molecule has 108 valence electrons. The second-order valence-electron chi connectivity index (χ2n) is 4.97. The van der Waals surface area contributed by atoms with Crippen LogP contribution in [-0.4, -0.2) is 35.0 Å². The minimum Gasteiger partial charge on any atom is -0.481 e. The van der Waals surface area contributed by atoms with Crippen LogP contribution in [0.25, 0.3) is 0 Å². The minimum atomic E-state index is -0.899. The van der Waals surface area contributed by atoms with Crippen LogP contribution >= 0.6 is 0 Å². The topological polar surface area (TPSA) is 57.6 Å². The Balaban J connectivity index is 1.98. The molecule has 2 rings (SSSR count). The van der Waals surface area contributed by atoms with Gasteiger partial charge in [-0.1, -0.05) is 6.07 Å². The maximum atomic E-state index is 13.5. The standard InChI is InChI=1S/C14H15F2NO3/c15-11-2-1-3-12(16)10(11)7-13(18)17-5-4-9(8-17)6-14(19)20/h1-3,9H,4-8H2,(H,19,20). The fourth-order valence-corrected chi connectivity index (χ4v) is 2.44. The van der Waals surface area contributed by atoms with Crippen molar-refractivity contribution in [2.24, 2.45) is 5.92 Å². The molecule has 1 aromatic rings. The maximum Gasteiger partial charge on any atom is 0.303 e. The first-order chi connectivity index (χ1) is 9.47. The number of carboxylic acids is 1. The van der Waals surface area contributed by atoms with Crippen molar-refractivity contribution in [3.8, 4) is 0 Å². The van der Waals surface area contributed by atoms with Crippen molar-refractivity contribution >= 4 is 11.9 Å². The molecule has 1 fully saturated rings. The van der Waals surface area contributed by atoms with Crippen molar-refractivity contribution in [1.29, 1.82) is 0 Å². The molecule has 0 bridgehead atoms. The van der Waals surface area contributed by atoms with Crippen molar-refractivity contribution in [2.75, 3.05) is 13.1 Å². The van der Waals surface area contributed by atoms with Gasteiger partial charge in [-0.05, 0) is 24.5 Å². The highest BCUT2D eigenvalue weighted by molar-refractivity contribution is 5.79. The molecule has 0 saturated carbocycles. The van der Waals surface area contributed by atoms with Gasteiger partial charge in [-0.2, -0.15) is 0 Å². The lowest BCUT2D eigenvalue weighted by Crippen LogP contribution is -2.30. The second-order valence-corrected chi connectivity index (χ2v) is 4.97. The Kier molecular flexibility index (Phi) is 4.32. The fraction of sp³-hybridized carbons (Fsp3) is 0.429. The number of hydrogen-bond acceptors (Lipinski definition) is 2. The molecule has 0 aliphatic carbocycles. The Morgan fingerprint density at radius 1 is 1.30 bits per heavy atom. The van der Waals surface area contributed by atoms with Crippen LogP contribution in [-0.2, 0) is 16.0 Å². The number of aliphatic carboxylic acids is 1. The molecule has 1 unspecified atom stereocenters. The van der Waals surface area contributed by atoms with Crippen LogP contribution in [0.2, 0.25) is 0 Å². The zero-order valence-corrected chi connectivity index (χ0v) is 10.8. The van der Waals surface area contributed by atoms with Gasteiger partial charge in [0.05, 0.1) is 6.42 Å². The van der Waals surface area contributed by atoms with Gasteiger partial charge in [-0.15, -0.1) is 0 Å². The first kappa shape index (κ1) is 14.4. The molecule has 1 atom stereocenters. The van der Waals surface area contributed by atoms with Gasteiger partial charge >= 0.3 is 5.97 Å². The van der Waals surface area contributed by atoms with Crippen LogP contribution in [0, 0.1) is 17.6 Å². The summed E-state index contributed by atoms with van der Waals surface area (Å²) in [6.07, 6.45) is 0.286. The summed E-state index contributed by atoms with van der Waals surface area (Å²) in [6.45, 7) is 0.772. The molecule has 1 aliphatic rings. The molecule has 1 amide bonds. The predicted molar refractivity (Wildman–Crippen MR) is 67.0 cm³/mol. The Hall–Kier alpha value is -1.98. The molecule has 1 saturated heterocycles.